The number of thiophene rings is 1. The first-order chi connectivity index (χ1) is 17.0. The molecule has 1 amide bonds. The van der Waals surface area contributed by atoms with E-state index in [0.717, 1.165) is 16.0 Å². The summed E-state index contributed by atoms with van der Waals surface area (Å²) in [7, 11) is 0. The standard InChI is InChI=1S/C28H23NO5S/c1-18-6-2-3-7-20(18)17-34-21-12-10-19(11-13-21)26(30)24-25(23-9-5-15-35-23)29(28(32)27(24)31)16-22-8-4-14-33-22/h2-15,25,30H,16-17H2,1H3/b26-24+/t25-/m1/s1. The average molecular weight is 486 g/mol. The molecule has 0 aliphatic carbocycles. The van der Waals surface area contributed by atoms with Crippen LogP contribution in [-0.2, 0) is 22.7 Å². The van der Waals surface area contributed by atoms with Crippen molar-refractivity contribution in [2.45, 2.75) is 26.1 Å². The van der Waals surface area contributed by atoms with E-state index in [1.807, 2.05) is 48.7 Å². The van der Waals surface area contributed by atoms with Crippen LogP contribution in [-0.4, -0.2) is 21.7 Å². The number of rotatable bonds is 7. The lowest BCUT2D eigenvalue weighted by Gasteiger charge is -2.23. The molecular weight excluding hydrogens is 462 g/mol. The lowest BCUT2D eigenvalue weighted by atomic mass is 10.00. The van der Waals surface area contributed by atoms with E-state index in [2.05, 4.69) is 0 Å². The Kier molecular flexibility index (Phi) is 6.25. The summed E-state index contributed by atoms with van der Waals surface area (Å²) in [5, 5.41) is 13.1. The highest BCUT2D eigenvalue weighted by molar-refractivity contribution is 7.10. The molecule has 1 aliphatic rings. The summed E-state index contributed by atoms with van der Waals surface area (Å²) in [5.74, 6) is -0.400. The van der Waals surface area contributed by atoms with E-state index in [4.69, 9.17) is 9.15 Å². The number of nitrogens with zero attached hydrogens (tertiary/aromatic N) is 1. The molecule has 4 aromatic rings. The zero-order valence-electron chi connectivity index (χ0n) is 19.0. The molecule has 2 aromatic heterocycles. The van der Waals surface area contributed by atoms with Crippen molar-refractivity contribution < 1.29 is 23.8 Å². The predicted octanol–water partition coefficient (Wildman–Crippen LogP) is 5.85. The Morgan fingerprint density at radius 1 is 1.03 bits per heavy atom. The number of carbonyl (C=O) groups is 2. The van der Waals surface area contributed by atoms with Crippen LogP contribution >= 0.6 is 11.3 Å². The highest BCUT2D eigenvalue weighted by Gasteiger charge is 2.46. The van der Waals surface area contributed by atoms with Crippen molar-refractivity contribution in [3.8, 4) is 5.75 Å². The molecule has 2 aromatic carbocycles. The number of benzene rings is 2. The molecule has 7 heteroatoms. The average Bonchev–Trinajstić information content (AvgIpc) is 3.63. The summed E-state index contributed by atoms with van der Waals surface area (Å²) < 4.78 is 11.3. The van der Waals surface area contributed by atoms with Crippen LogP contribution in [0.3, 0.4) is 0 Å². The van der Waals surface area contributed by atoms with Crippen LogP contribution < -0.4 is 4.74 Å². The topological polar surface area (TPSA) is 80.0 Å². The molecule has 6 nitrogen and oxygen atoms in total. The molecule has 1 fully saturated rings. The van der Waals surface area contributed by atoms with Gasteiger partial charge in [0.15, 0.2) is 0 Å². The zero-order chi connectivity index (χ0) is 24.4. The Morgan fingerprint density at radius 3 is 2.51 bits per heavy atom. The molecule has 1 atom stereocenters. The maximum absolute atomic E-state index is 13.1. The Labute approximate surface area is 206 Å². The van der Waals surface area contributed by atoms with Crippen molar-refractivity contribution in [2.75, 3.05) is 0 Å². The number of hydrogen-bond donors (Lipinski definition) is 1. The highest BCUT2D eigenvalue weighted by atomic mass is 32.1. The molecule has 3 heterocycles. The van der Waals surface area contributed by atoms with Crippen LogP contribution in [0.4, 0.5) is 0 Å². The van der Waals surface area contributed by atoms with Crippen LogP contribution in [0.15, 0.2) is 94.4 Å². The second-order valence-corrected chi connectivity index (χ2v) is 9.24. The van der Waals surface area contributed by atoms with Gasteiger partial charge in [-0.2, -0.15) is 0 Å². The number of Topliss-reactive ketones (excluding diaryl/α,β-unsaturated/α-hetero) is 1. The number of aryl methyl sites for hydroxylation is 1. The number of ether oxygens (including phenoxy) is 1. The van der Waals surface area contributed by atoms with Gasteiger partial charge in [0.2, 0.25) is 0 Å². The quantitative estimate of drug-likeness (QED) is 0.202. The minimum absolute atomic E-state index is 0.0672. The minimum Gasteiger partial charge on any atom is -0.507 e. The molecule has 35 heavy (non-hydrogen) atoms. The zero-order valence-corrected chi connectivity index (χ0v) is 19.8. The summed E-state index contributed by atoms with van der Waals surface area (Å²) in [6, 6.07) is 21.4. The van der Waals surface area contributed by atoms with Gasteiger partial charge in [-0.3, -0.25) is 9.59 Å². The van der Waals surface area contributed by atoms with Gasteiger partial charge < -0.3 is 19.2 Å². The fourth-order valence-electron chi connectivity index (χ4n) is 4.15. The minimum atomic E-state index is -0.715. The number of aliphatic hydroxyl groups is 1. The summed E-state index contributed by atoms with van der Waals surface area (Å²) in [6.45, 7) is 2.59. The first kappa shape index (κ1) is 22.7. The highest BCUT2D eigenvalue weighted by Crippen LogP contribution is 2.42. The van der Waals surface area contributed by atoms with Crippen LogP contribution in [0.2, 0.25) is 0 Å². The van der Waals surface area contributed by atoms with Gasteiger partial charge in [-0.15, -0.1) is 11.3 Å². The summed E-state index contributed by atoms with van der Waals surface area (Å²) >= 11 is 1.42. The van der Waals surface area contributed by atoms with Crippen LogP contribution in [0, 0.1) is 6.92 Å². The molecular formula is C28H23NO5S. The van der Waals surface area contributed by atoms with Gasteiger partial charge in [0, 0.05) is 10.4 Å². The van der Waals surface area contributed by atoms with Gasteiger partial charge in [-0.25, -0.2) is 0 Å². The van der Waals surface area contributed by atoms with Gasteiger partial charge >= 0.3 is 0 Å². The maximum Gasteiger partial charge on any atom is 0.296 e. The molecule has 0 unspecified atom stereocenters. The fourth-order valence-corrected chi connectivity index (χ4v) is 5.00. The van der Waals surface area contributed by atoms with Gasteiger partial charge in [0.1, 0.15) is 29.9 Å². The molecule has 1 N–H and O–H groups in total. The number of furan rings is 1. The third-order valence-electron chi connectivity index (χ3n) is 6.04. The first-order valence-electron chi connectivity index (χ1n) is 11.1. The molecule has 176 valence electrons. The van der Waals surface area contributed by atoms with E-state index >= 15 is 0 Å². The number of hydrogen-bond acceptors (Lipinski definition) is 6. The SMILES string of the molecule is Cc1ccccc1COc1ccc(/C(O)=C2\C(=O)C(=O)N(Cc3ccco3)[C@@H]2c2cccs2)cc1. The molecule has 0 saturated carbocycles. The number of carbonyl (C=O) groups excluding carboxylic acids is 2. The predicted molar refractivity (Wildman–Crippen MR) is 133 cm³/mol. The van der Waals surface area contributed by atoms with Crippen molar-refractivity contribution in [1.82, 2.24) is 4.90 Å². The van der Waals surface area contributed by atoms with Gasteiger partial charge in [0.05, 0.1) is 18.4 Å². The molecule has 0 spiro atoms. The van der Waals surface area contributed by atoms with Gasteiger partial charge in [-0.1, -0.05) is 30.3 Å². The molecule has 1 aliphatic heterocycles. The third kappa shape index (κ3) is 4.50. The van der Waals surface area contributed by atoms with E-state index in [9.17, 15) is 14.7 Å². The van der Waals surface area contributed by atoms with Crippen molar-refractivity contribution >= 4 is 28.8 Å². The van der Waals surface area contributed by atoms with Crippen molar-refractivity contribution in [3.05, 3.63) is 117 Å². The lowest BCUT2D eigenvalue weighted by molar-refractivity contribution is -0.140. The van der Waals surface area contributed by atoms with E-state index < -0.39 is 17.7 Å². The van der Waals surface area contributed by atoms with E-state index in [1.54, 1.807) is 36.4 Å². The first-order valence-corrected chi connectivity index (χ1v) is 12.0. The molecule has 0 bridgehead atoms. The van der Waals surface area contributed by atoms with E-state index in [1.165, 1.54) is 22.5 Å². The Balaban J connectivity index is 1.44. The number of amides is 1. The molecule has 0 radical (unpaired) electrons. The third-order valence-corrected chi connectivity index (χ3v) is 6.97. The maximum atomic E-state index is 13.1. The summed E-state index contributed by atoms with van der Waals surface area (Å²) in [4.78, 5) is 28.3. The summed E-state index contributed by atoms with van der Waals surface area (Å²) in [6.07, 6.45) is 1.52. The van der Waals surface area contributed by atoms with Crippen LogP contribution in [0.5, 0.6) is 5.75 Å². The van der Waals surface area contributed by atoms with Crippen molar-refractivity contribution in [2.24, 2.45) is 0 Å². The number of likely N-dealkylation sites (tertiary alicyclic amines) is 1. The Morgan fingerprint density at radius 2 is 1.83 bits per heavy atom. The normalized spacial score (nSPS) is 17.2. The second-order valence-electron chi connectivity index (χ2n) is 8.26. The monoisotopic (exact) mass is 485 g/mol. The lowest BCUT2D eigenvalue weighted by Crippen LogP contribution is -2.28. The van der Waals surface area contributed by atoms with Crippen molar-refractivity contribution in [1.29, 1.82) is 0 Å². The second kappa shape index (κ2) is 9.64. The van der Waals surface area contributed by atoms with Gasteiger partial charge in [-0.05, 0) is 65.9 Å². The Hall–Kier alpha value is -4.10. The number of aliphatic hydroxyl groups excluding tert-OH is 1. The summed E-state index contributed by atoms with van der Waals surface area (Å²) in [5.41, 5.74) is 2.74. The smallest absolute Gasteiger partial charge is 0.296 e. The van der Waals surface area contributed by atoms with Crippen LogP contribution in [0.1, 0.15) is 33.4 Å². The van der Waals surface area contributed by atoms with Crippen molar-refractivity contribution in [3.63, 3.8) is 0 Å². The molecule has 1 saturated heterocycles. The van der Waals surface area contributed by atoms with Gasteiger partial charge in [0.25, 0.3) is 11.7 Å². The van der Waals surface area contributed by atoms with Crippen LogP contribution in [0.25, 0.3) is 5.76 Å². The fraction of sp³-hybridized carbons (Fsp3) is 0.143. The number of ketones is 1. The Bertz CT molecular complexity index is 1370. The van der Waals surface area contributed by atoms with E-state index in [-0.39, 0.29) is 17.9 Å². The molecule has 5 rings (SSSR count). The largest absolute Gasteiger partial charge is 0.507 e. The van der Waals surface area contributed by atoms with E-state index in [0.29, 0.717) is 23.7 Å².